The molecule has 1 heterocycles. The molecular formula is C13H13NO2S. The van der Waals surface area contributed by atoms with Gasteiger partial charge < -0.3 is 4.74 Å². The van der Waals surface area contributed by atoms with Crippen LogP contribution in [0.3, 0.4) is 0 Å². The Labute approximate surface area is 104 Å². The zero-order valence-corrected chi connectivity index (χ0v) is 10.5. The van der Waals surface area contributed by atoms with Gasteiger partial charge in [0.25, 0.3) is 0 Å². The molecule has 1 aromatic heterocycles. The first-order valence-electron chi connectivity index (χ1n) is 5.32. The molecule has 2 aromatic rings. The fraction of sp³-hybridized carbons (Fsp3) is 0.231. The van der Waals surface area contributed by atoms with Crippen LogP contribution < -0.4 is 0 Å². The summed E-state index contributed by atoms with van der Waals surface area (Å²) in [6, 6.07) is 7.93. The van der Waals surface area contributed by atoms with Gasteiger partial charge >= 0.3 is 5.97 Å². The monoisotopic (exact) mass is 247 g/mol. The molecule has 1 atom stereocenters. The number of esters is 1. The second kappa shape index (κ2) is 5.10. The number of nitrogens with zero attached hydrogens (tertiary/aromatic N) is 1. The third kappa shape index (κ3) is 2.91. The van der Waals surface area contributed by atoms with Crippen molar-refractivity contribution in [2.45, 2.75) is 20.0 Å². The second-order valence-corrected chi connectivity index (χ2v) is 4.55. The maximum atomic E-state index is 11.7. The van der Waals surface area contributed by atoms with Crippen molar-refractivity contribution in [3.8, 4) is 0 Å². The molecule has 1 aromatic carbocycles. The van der Waals surface area contributed by atoms with Gasteiger partial charge in [0.1, 0.15) is 6.10 Å². The third-order valence-corrected chi connectivity index (χ3v) is 3.02. The van der Waals surface area contributed by atoms with Crippen LogP contribution in [0.1, 0.15) is 34.6 Å². The van der Waals surface area contributed by atoms with E-state index in [1.165, 1.54) is 11.3 Å². The third-order valence-electron chi connectivity index (χ3n) is 2.44. The van der Waals surface area contributed by atoms with Crippen molar-refractivity contribution < 1.29 is 9.53 Å². The van der Waals surface area contributed by atoms with Crippen LogP contribution in [0.15, 0.2) is 35.2 Å². The van der Waals surface area contributed by atoms with E-state index in [2.05, 4.69) is 4.98 Å². The molecule has 0 aliphatic heterocycles. The highest BCUT2D eigenvalue weighted by Gasteiger charge is 2.14. The molecule has 0 saturated carbocycles. The Balaban J connectivity index is 2.07. The quantitative estimate of drug-likeness (QED) is 0.781. The minimum absolute atomic E-state index is 0.260. The van der Waals surface area contributed by atoms with Crippen LogP contribution in [0, 0.1) is 6.92 Å². The van der Waals surface area contributed by atoms with Crippen molar-refractivity contribution in [1.82, 2.24) is 4.98 Å². The fourth-order valence-electron chi connectivity index (χ4n) is 1.53. The lowest BCUT2D eigenvalue weighted by atomic mass is 10.1. The van der Waals surface area contributed by atoms with Crippen LogP contribution in [-0.4, -0.2) is 11.0 Å². The number of aromatic nitrogens is 1. The first kappa shape index (κ1) is 11.8. The van der Waals surface area contributed by atoms with E-state index in [0.717, 1.165) is 11.1 Å². The molecule has 0 fully saturated rings. The van der Waals surface area contributed by atoms with Gasteiger partial charge in [0.2, 0.25) is 0 Å². The van der Waals surface area contributed by atoms with E-state index in [9.17, 15) is 4.79 Å². The summed E-state index contributed by atoms with van der Waals surface area (Å²) in [7, 11) is 0. The minimum Gasteiger partial charge on any atom is -0.453 e. The SMILES string of the molecule is Cc1cccc(C(C)OC(=O)c2cscn2)c1. The molecule has 4 heteroatoms. The van der Waals surface area contributed by atoms with Crippen LogP contribution in [0.25, 0.3) is 0 Å². The van der Waals surface area contributed by atoms with Gasteiger partial charge in [0.15, 0.2) is 5.69 Å². The predicted molar refractivity (Wildman–Crippen MR) is 67.1 cm³/mol. The molecule has 1 unspecified atom stereocenters. The van der Waals surface area contributed by atoms with Gasteiger partial charge in [-0.3, -0.25) is 0 Å². The molecule has 0 bridgehead atoms. The van der Waals surface area contributed by atoms with Crippen molar-refractivity contribution in [3.05, 3.63) is 52.0 Å². The predicted octanol–water partition coefficient (Wildman–Crippen LogP) is 3.37. The number of benzene rings is 1. The summed E-state index contributed by atoms with van der Waals surface area (Å²) in [6.45, 7) is 3.87. The largest absolute Gasteiger partial charge is 0.453 e. The van der Waals surface area contributed by atoms with E-state index in [-0.39, 0.29) is 12.1 Å². The Bertz CT molecular complexity index is 508. The molecule has 0 N–H and O–H groups in total. The Morgan fingerprint density at radius 1 is 1.47 bits per heavy atom. The van der Waals surface area contributed by atoms with Crippen molar-refractivity contribution >= 4 is 17.3 Å². The number of rotatable bonds is 3. The van der Waals surface area contributed by atoms with Gasteiger partial charge in [-0.2, -0.15) is 0 Å². The van der Waals surface area contributed by atoms with E-state index in [1.807, 2.05) is 38.1 Å². The highest BCUT2D eigenvalue weighted by molar-refractivity contribution is 7.07. The summed E-state index contributed by atoms with van der Waals surface area (Å²) in [4.78, 5) is 15.6. The van der Waals surface area contributed by atoms with E-state index in [1.54, 1.807) is 10.9 Å². The molecule has 0 saturated heterocycles. The average Bonchev–Trinajstić information content (AvgIpc) is 2.82. The highest BCUT2D eigenvalue weighted by Crippen LogP contribution is 2.19. The number of aryl methyl sites for hydroxylation is 1. The second-order valence-electron chi connectivity index (χ2n) is 3.84. The van der Waals surface area contributed by atoms with E-state index in [4.69, 9.17) is 4.74 Å². The normalized spacial score (nSPS) is 12.1. The molecule has 0 radical (unpaired) electrons. The van der Waals surface area contributed by atoms with Crippen LogP contribution in [0.5, 0.6) is 0 Å². The molecular weight excluding hydrogens is 234 g/mol. The first-order valence-corrected chi connectivity index (χ1v) is 6.27. The highest BCUT2D eigenvalue weighted by atomic mass is 32.1. The summed E-state index contributed by atoms with van der Waals surface area (Å²) in [5, 5.41) is 1.69. The lowest BCUT2D eigenvalue weighted by Crippen LogP contribution is -2.09. The van der Waals surface area contributed by atoms with Crippen LogP contribution >= 0.6 is 11.3 Å². The van der Waals surface area contributed by atoms with E-state index >= 15 is 0 Å². The minimum atomic E-state index is -0.375. The molecule has 0 aliphatic carbocycles. The lowest BCUT2D eigenvalue weighted by molar-refractivity contribution is 0.0331. The standard InChI is InChI=1S/C13H13NO2S/c1-9-4-3-5-11(6-9)10(2)16-13(15)12-7-17-8-14-12/h3-8,10H,1-2H3. The van der Waals surface area contributed by atoms with Gasteiger partial charge in [0.05, 0.1) is 5.51 Å². The lowest BCUT2D eigenvalue weighted by Gasteiger charge is -2.13. The summed E-state index contributed by atoms with van der Waals surface area (Å²) in [6.07, 6.45) is -0.260. The molecule has 0 amide bonds. The first-order chi connectivity index (χ1) is 8.16. The smallest absolute Gasteiger partial charge is 0.358 e. The van der Waals surface area contributed by atoms with Gasteiger partial charge in [-0.1, -0.05) is 29.8 Å². The van der Waals surface area contributed by atoms with Crippen molar-refractivity contribution in [2.24, 2.45) is 0 Å². The van der Waals surface area contributed by atoms with Gasteiger partial charge in [-0.15, -0.1) is 11.3 Å². The van der Waals surface area contributed by atoms with E-state index in [0.29, 0.717) is 5.69 Å². The summed E-state index contributed by atoms with van der Waals surface area (Å²) in [5.41, 5.74) is 4.13. The average molecular weight is 247 g/mol. The molecule has 17 heavy (non-hydrogen) atoms. The molecule has 2 rings (SSSR count). The molecule has 0 aliphatic rings. The Morgan fingerprint density at radius 3 is 2.94 bits per heavy atom. The molecule has 0 spiro atoms. The van der Waals surface area contributed by atoms with Crippen molar-refractivity contribution in [1.29, 1.82) is 0 Å². The number of carbonyl (C=O) groups is 1. The summed E-state index contributed by atoms with van der Waals surface area (Å²) >= 11 is 1.38. The Kier molecular flexibility index (Phi) is 3.54. The van der Waals surface area contributed by atoms with Gasteiger partial charge in [0, 0.05) is 5.38 Å². The maximum Gasteiger partial charge on any atom is 0.358 e. The van der Waals surface area contributed by atoms with Crippen LogP contribution in [-0.2, 0) is 4.74 Å². The fourth-order valence-corrected chi connectivity index (χ4v) is 2.05. The van der Waals surface area contributed by atoms with E-state index < -0.39 is 0 Å². The van der Waals surface area contributed by atoms with Crippen LogP contribution in [0.4, 0.5) is 0 Å². The van der Waals surface area contributed by atoms with Crippen molar-refractivity contribution in [2.75, 3.05) is 0 Å². The zero-order chi connectivity index (χ0) is 12.3. The Hall–Kier alpha value is -1.68. The topological polar surface area (TPSA) is 39.2 Å². The zero-order valence-electron chi connectivity index (χ0n) is 9.71. The molecule has 3 nitrogen and oxygen atoms in total. The maximum absolute atomic E-state index is 11.7. The summed E-state index contributed by atoms with van der Waals surface area (Å²) in [5.74, 6) is -0.375. The number of hydrogen-bond donors (Lipinski definition) is 0. The van der Waals surface area contributed by atoms with Gasteiger partial charge in [-0.25, -0.2) is 9.78 Å². The number of hydrogen-bond acceptors (Lipinski definition) is 4. The molecule has 88 valence electrons. The number of carbonyl (C=O) groups excluding carboxylic acids is 1. The summed E-state index contributed by atoms with van der Waals surface area (Å²) < 4.78 is 5.34. The van der Waals surface area contributed by atoms with Crippen molar-refractivity contribution in [3.63, 3.8) is 0 Å². The Morgan fingerprint density at radius 2 is 2.29 bits per heavy atom. The number of ether oxygens (including phenoxy) is 1. The number of thiazole rings is 1. The van der Waals surface area contributed by atoms with Crippen LogP contribution in [0.2, 0.25) is 0 Å². The van der Waals surface area contributed by atoms with Gasteiger partial charge in [-0.05, 0) is 19.4 Å².